The molecule has 0 aromatic rings. The Morgan fingerprint density at radius 2 is 0.542 bits per heavy atom. The van der Waals surface area contributed by atoms with Crippen LogP contribution in [0.5, 0.6) is 0 Å². The third kappa shape index (κ3) is 57.0. The minimum absolute atomic E-state index is 0.0927. The van der Waals surface area contributed by atoms with Crippen LogP contribution in [0.2, 0.25) is 0 Å². The van der Waals surface area contributed by atoms with Gasteiger partial charge >= 0.3 is 17.9 Å². The summed E-state index contributed by atoms with van der Waals surface area (Å²) >= 11 is 0. The molecule has 0 bridgehead atoms. The predicted molar refractivity (Wildman–Crippen MR) is 311 cm³/mol. The smallest absolute Gasteiger partial charge is 0.306 e. The molecule has 72 heavy (non-hydrogen) atoms. The van der Waals surface area contributed by atoms with E-state index in [4.69, 9.17) is 14.2 Å². The summed E-state index contributed by atoms with van der Waals surface area (Å²) in [6.45, 7) is 6.38. The first-order chi connectivity index (χ1) is 35.5. The Labute approximate surface area is 444 Å². The normalized spacial score (nSPS) is 12.9. The Balaban J connectivity index is 4.40. The molecule has 0 aromatic carbocycles. The van der Waals surface area contributed by atoms with E-state index in [9.17, 15) is 14.4 Å². The van der Waals surface area contributed by atoms with Crippen LogP contribution in [0.3, 0.4) is 0 Å². The van der Waals surface area contributed by atoms with Crippen LogP contribution < -0.4 is 0 Å². The van der Waals surface area contributed by atoms with Crippen molar-refractivity contribution in [2.45, 2.75) is 277 Å². The molecular formula is C66H110O6. The summed E-state index contributed by atoms with van der Waals surface area (Å²) in [5.74, 6) is -0.925. The Morgan fingerprint density at radius 1 is 0.292 bits per heavy atom. The first-order valence-corrected chi connectivity index (χ1v) is 29.9. The van der Waals surface area contributed by atoms with Crippen molar-refractivity contribution < 1.29 is 28.6 Å². The van der Waals surface area contributed by atoms with Gasteiger partial charge in [-0.3, -0.25) is 14.4 Å². The number of allylic oxidation sites excluding steroid dienone is 18. The van der Waals surface area contributed by atoms with Crippen LogP contribution >= 0.6 is 0 Å². The molecule has 0 N–H and O–H groups in total. The van der Waals surface area contributed by atoms with E-state index in [2.05, 4.69) is 130 Å². The number of carbonyl (C=O) groups is 3. The van der Waals surface area contributed by atoms with Crippen LogP contribution in [0.4, 0.5) is 0 Å². The molecule has 6 heteroatoms. The molecule has 0 heterocycles. The first-order valence-electron chi connectivity index (χ1n) is 29.9. The van der Waals surface area contributed by atoms with Crippen molar-refractivity contribution in [3.8, 4) is 0 Å². The summed E-state index contributed by atoms with van der Waals surface area (Å²) in [7, 11) is 0. The molecule has 0 aliphatic carbocycles. The van der Waals surface area contributed by atoms with Crippen molar-refractivity contribution >= 4 is 17.9 Å². The minimum atomic E-state index is -0.797. The molecule has 0 saturated heterocycles. The van der Waals surface area contributed by atoms with E-state index in [1.54, 1.807) is 0 Å². The van der Waals surface area contributed by atoms with Crippen LogP contribution in [0.15, 0.2) is 109 Å². The summed E-state index contributed by atoms with van der Waals surface area (Å²) in [6.07, 6.45) is 80.8. The molecule has 6 nitrogen and oxygen atoms in total. The molecule has 0 saturated carbocycles. The molecule has 0 radical (unpaired) electrons. The zero-order valence-electron chi connectivity index (χ0n) is 46.9. The van der Waals surface area contributed by atoms with Gasteiger partial charge in [0.15, 0.2) is 6.10 Å². The second kappa shape index (κ2) is 59.6. The molecular weight excluding hydrogens is 889 g/mol. The molecule has 0 amide bonds. The quantitative estimate of drug-likeness (QED) is 0.0261. The summed E-state index contributed by atoms with van der Waals surface area (Å²) in [4.78, 5) is 38.2. The van der Waals surface area contributed by atoms with Crippen LogP contribution in [0, 0.1) is 0 Å². The lowest BCUT2D eigenvalue weighted by atomic mass is 10.1. The molecule has 0 aliphatic rings. The van der Waals surface area contributed by atoms with Crippen LogP contribution in [-0.4, -0.2) is 37.2 Å². The fourth-order valence-electron chi connectivity index (χ4n) is 8.07. The molecule has 1 atom stereocenters. The Bertz CT molecular complexity index is 1470. The molecule has 0 aromatic heterocycles. The molecule has 0 rings (SSSR count). The monoisotopic (exact) mass is 999 g/mol. The van der Waals surface area contributed by atoms with E-state index in [0.717, 1.165) is 148 Å². The third-order valence-electron chi connectivity index (χ3n) is 12.5. The second-order valence-electron chi connectivity index (χ2n) is 19.5. The van der Waals surface area contributed by atoms with Gasteiger partial charge in [0.05, 0.1) is 0 Å². The maximum absolute atomic E-state index is 12.9. The third-order valence-corrected chi connectivity index (χ3v) is 12.5. The number of carbonyl (C=O) groups excluding carboxylic acids is 3. The highest BCUT2D eigenvalue weighted by molar-refractivity contribution is 5.71. The van der Waals surface area contributed by atoms with Gasteiger partial charge in [-0.25, -0.2) is 0 Å². The van der Waals surface area contributed by atoms with E-state index < -0.39 is 6.10 Å². The van der Waals surface area contributed by atoms with E-state index in [1.807, 2.05) is 0 Å². The predicted octanol–water partition coefficient (Wildman–Crippen LogP) is 20.3. The summed E-state index contributed by atoms with van der Waals surface area (Å²) in [6, 6.07) is 0. The zero-order chi connectivity index (χ0) is 52.2. The maximum atomic E-state index is 12.9. The second-order valence-corrected chi connectivity index (χ2v) is 19.5. The van der Waals surface area contributed by atoms with Crippen molar-refractivity contribution in [3.05, 3.63) is 109 Å². The zero-order valence-corrected chi connectivity index (χ0v) is 46.9. The van der Waals surface area contributed by atoms with Crippen molar-refractivity contribution in [3.63, 3.8) is 0 Å². The highest BCUT2D eigenvalue weighted by atomic mass is 16.6. The SMILES string of the molecule is CC/C=C\C/C=C\C/C=C\C/C=C\CCCCCCCCCCCCC(=O)OCC(COC(=O)CCCCCCC/C=C\C/C=C\C/C=C\CC)OC(=O)CCCCCCC/C=C\C/C=C\CCCCCC. The van der Waals surface area contributed by atoms with Crippen molar-refractivity contribution in [2.75, 3.05) is 13.2 Å². The van der Waals surface area contributed by atoms with Crippen molar-refractivity contribution in [2.24, 2.45) is 0 Å². The van der Waals surface area contributed by atoms with Gasteiger partial charge in [0.2, 0.25) is 0 Å². The average molecular weight is 1000 g/mol. The number of hydrogen-bond donors (Lipinski definition) is 0. The van der Waals surface area contributed by atoms with Gasteiger partial charge in [-0.1, -0.05) is 239 Å². The molecule has 0 fully saturated rings. The first kappa shape index (κ1) is 68.1. The highest BCUT2D eigenvalue weighted by Crippen LogP contribution is 2.15. The van der Waals surface area contributed by atoms with Crippen molar-refractivity contribution in [1.29, 1.82) is 0 Å². The summed E-state index contributed by atoms with van der Waals surface area (Å²) in [5.41, 5.74) is 0. The van der Waals surface area contributed by atoms with E-state index >= 15 is 0 Å². The van der Waals surface area contributed by atoms with Gasteiger partial charge < -0.3 is 14.2 Å². The lowest BCUT2D eigenvalue weighted by Crippen LogP contribution is -2.30. The van der Waals surface area contributed by atoms with E-state index in [1.165, 1.54) is 83.5 Å². The maximum Gasteiger partial charge on any atom is 0.306 e. The lowest BCUT2D eigenvalue weighted by Gasteiger charge is -2.18. The molecule has 0 aliphatic heterocycles. The molecule has 1 unspecified atom stereocenters. The molecule has 410 valence electrons. The highest BCUT2D eigenvalue weighted by Gasteiger charge is 2.19. The Hall–Kier alpha value is -3.93. The van der Waals surface area contributed by atoms with Crippen LogP contribution in [-0.2, 0) is 28.6 Å². The fraction of sp³-hybridized carbons (Fsp3) is 0.682. The van der Waals surface area contributed by atoms with Crippen molar-refractivity contribution in [1.82, 2.24) is 0 Å². The van der Waals surface area contributed by atoms with Gasteiger partial charge in [-0.15, -0.1) is 0 Å². The summed E-state index contributed by atoms with van der Waals surface area (Å²) < 4.78 is 16.9. The average Bonchev–Trinajstić information content (AvgIpc) is 3.38. The number of hydrogen-bond acceptors (Lipinski definition) is 6. The van der Waals surface area contributed by atoms with Crippen LogP contribution in [0.1, 0.15) is 271 Å². The molecule has 0 spiro atoms. The number of ether oxygens (including phenoxy) is 3. The van der Waals surface area contributed by atoms with Gasteiger partial charge in [0, 0.05) is 19.3 Å². The lowest BCUT2D eigenvalue weighted by molar-refractivity contribution is -0.167. The standard InChI is InChI=1S/C66H110O6/c1-4-7-10-13-16-19-22-25-28-30-31-32-33-34-35-36-39-41-44-47-50-53-56-59-65(68)71-62-63(61-70-64(67)58-55-52-49-46-43-40-37-27-24-21-18-15-12-9-6-3)72-66(69)60-57-54-51-48-45-42-38-29-26-23-20-17-14-11-8-5-2/h7,9-10,12,16,18-21,23,25,27-29,31-32,37-38,63H,4-6,8,11,13-15,17,22,24,26,30,33-36,39-62H2,1-3H3/b10-7-,12-9-,19-16-,21-18-,23-20-,28-25-,32-31-,37-27-,38-29-. The number of rotatable bonds is 53. The largest absolute Gasteiger partial charge is 0.462 e. The Kier molecular flexibility index (Phi) is 56.4. The number of esters is 3. The van der Waals surface area contributed by atoms with Gasteiger partial charge in [-0.05, 0) is 122 Å². The topological polar surface area (TPSA) is 78.9 Å². The Morgan fingerprint density at radius 3 is 0.847 bits per heavy atom. The van der Waals surface area contributed by atoms with E-state index in [0.29, 0.717) is 19.3 Å². The fourth-order valence-corrected chi connectivity index (χ4v) is 8.07. The minimum Gasteiger partial charge on any atom is -0.462 e. The van der Waals surface area contributed by atoms with Gasteiger partial charge in [0.25, 0.3) is 0 Å². The van der Waals surface area contributed by atoms with Crippen LogP contribution in [0.25, 0.3) is 0 Å². The van der Waals surface area contributed by atoms with Gasteiger partial charge in [-0.2, -0.15) is 0 Å². The number of unbranched alkanes of at least 4 members (excludes halogenated alkanes) is 24. The summed E-state index contributed by atoms with van der Waals surface area (Å²) in [5, 5.41) is 0. The van der Waals surface area contributed by atoms with E-state index in [-0.39, 0.29) is 31.1 Å². The van der Waals surface area contributed by atoms with Gasteiger partial charge in [0.1, 0.15) is 13.2 Å².